The summed E-state index contributed by atoms with van der Waals surface area (Å²) in [4.78, 5) is 125. The molecule has 6 aromatic rings. The maximum Gasteiger partial charge on any atom is 0.248 e. The number of fused-ring (bicyclic) bond motifs is 15. The van der Waals surface area contributed by atoms with E-state index in [1.165, 1.54) is 57.3 Å². The smallest absolute Gasteiger partial charge is 0.248 e. The summed E-state index contributed by atoms with van der Waals surface area (Å²) < 4.78 is 47.4. The van der Waals surface area contributed by atoms with Crippen LogP contribution in [0.2, 0.25) is 10.0 Å². The standard InChI is InChI=1S/C84H98Cl2N10O24S/c1-7-114-45-11-13-46(14-12-45)121-96-60(101)31-52-77(108)91-65-43-27-57(116-55-16-9-39(25-49(55)85)69(102)67(81(112)89-52)94-76(107)51(88-6)18-34(2)3)73(120-83-74(72(105)71(104)59(33-97)118-83)119-61-32-84(5,87)75(106)35(4)115-61)58(28-43)117-56-17-10-40(26-50(56)86)70(103)68-82(113)93-66(80(111)90-63-41-20-36-19-37(22-41)23-42(63)21-36)48-29-44(98)30-54(100)62(48)47-24-38(8-15-53(47)99)64(78(109)95-68)92-79(65)110/h8-17,24-30,34-37,41-42,51-52,59,61,63-72,74-75,83,88,97-100,102-106H,7,18-23,31-33,87H2,1-6H3,(H,89,112)(H,90,111)(H,91,108)(H,92,110)(H,93,113)(H,94,107)(H,95,109)(H,96,101)/t35-,36?,37?,41?,42?,51-,52-,59+,61-,63?,64-,65+,66-,67+,68+,69+,70-,71-,72-,74-,75+,83-,84-/m0/s1. The van der Waals surface area contributed by atoms with Gasteiger partial charge in [-0.15, -0.1) is 0 Å². The van der Waals surface area contributed by atoms with Gasteiger partial charge in [0.25, 0.3) is 0 Å². The van der Waals surface area contributed by atoms with Crippen LogP contribution in [0.4, 0.5) is 0 Å². The van der Waals surface area contributed by atoms with Gasteiger partial charge in [0, 0.05) is 40.1 Å². The van der Waals surface area contributed by atoms with Crippen LogP contribution in [-0.4, -0.2) is 198 Å². The molecule has 121 heavy (non-hydrogen) atoms. The van der Waals surface area contributed by atoms with E-state index in [-0.39, 0.29) is 86.5 Å². The molecule has 648 valence electrons. The highest BCUT2D eigenvalue weighted by Crippen LogP contribution is 2.55. The van der Waals surface area contributed by atoms with Crippen molar-refractivity contribution >= 4 is 82.4 Å². The second-order valence-electron chi connectivity index (χ2n) is 32.9. The van der Waals surface area contributed by atoms with E-state index in [0.29, 0.717) is 29.1 Å². The number of phenols is 3. The van der Waals surface area contributed by atoms with E-state index in [0.717, 1.165) is 86.5 Å². The normalized spacial score (nSPS) is 31.0. The van der Waals surface area contributed by atoms with Gasteiger partial charge in [-0.25, -0.2) is 0 Å². The number of hydrogen-bond acceptors (Lipinski definition) is 27. The first-order valence-corrected chi connectivity index (χ1v) is 41.6. The number of halogens is 2. The Kier molecular flexibility index (Phi) is 26.3. The third-order valence-electron chi connectivity index (χ3n) is 23.7. The van der Waals surface area contributed by atoms with E-state index in [4.69, 9.17) is 62.1 Å². The third kappa shape index (κ3) is 18.8. The van der Waals surface area contributed by atoms with E-state index in [2.05, 4.69) is 47.3 Å². The first-order chi connectivity index (χ1) is 57.6. The number of carbonyl (C=O) groups excluding carboxylic acids is 8. The Morgan fingerprint density at radius 2 is 1.30 bits per heavy atom. The summed E-state index contributed by atoms with van der Waals surface area (Å²) in [7, 11) is 1.50. The molecule has 4 saturated carbocycles. The molecule has 37 heteroatoms. The highest BCUT2D eigenvalue weighted by Gasteiger charge is 2.53. The summed E-state index contributed by atoms with van der Waals surface area (Å²) in [5, 5.41) is 128. The zero-order valence-electron chi connectivity index (χ0n) is 66.6. The zero-order valence-corrected chi connectivity index (χ0v) is 68.9. The molecule has 7 heterocycles. The SMILES string of the molecule is CCOc1ccc(SNC(=O)C[C@@H]2NC(=O)[C@H](NC(=O)[C@H](CC(C)C)NC)[C@H](O)c3ccc(c(Cl)c3)Oc3cc4cc(c3O[C@@H]3O[C@H](CO)[C@H](O)[C@H](O)[C@@H]3O[C@H]3C[C@](C)(N)[C@H](O)[C@H](C)O3)Oc3ccc(cc3Cl)[C@H](O)[C@H]3NC(=O)[C@@H](NC(=O)[C@@H]4NC2=O)c2ccc(O)c(c2)-c2c(O)cc(O)cc2[C@@H](C(=O)NC2C4CC5CC(C4)CC2C5)NC3=O)cc1. The van der Waals surface area contributed by atoms with E-state index < -0.39 is 215 Å². The van der Waals surface area contributed by atoms with Crippen molar-refractivity contribution in [1.29, 1.82) is 0 Å². The van der Waals surface area contributed by atoms with Crippen LogP contribution in [0.15, 0.2) is 108 Å². The number of aliphatic hydroxyl groups excluding tert-OH is 6. The lowest BCUT2D eigenvalue weighted by molar-refractivity contribution is -0.333. The minimum Gasteiger partial charge on any atom is -0.508 e. The van der Waals surface area contributed by atoms with E-state index in [1.807, 2.05) is 13.8 Å². The molecular weight excluding hydrogens is 1640 g/mol. The number of likely N-dealkylation sites (N-methyl/N-ethyl adjacent to an activating group) is 1. The Labute approximate surface area is 709 Å². The van der Waals surface area contributed by atoms with Crippen molar-refractivity contribution in [2.45, 2.75) is 206 Å². The first kappa shape index (κ1) is 87.5. The van der Waals surface area contributed by atoms with Gasteiger partial charge in [-0.05, 0) is 215 Å². The molecule has 0 aromatic heterocycles. The maximum absolute atomic E-state index is 16.6. The maximum atomic E-state index is 16.6. The number of rotatable bonds is 18. The van der Waals surface area contributed by atoms with Crippen LogP contribution >= 0.6 is 35.1 Å². The number of phenolic OH excluding ortho intramolecular Hbond substituents is 3. The second kappa shape index (κ2) is 36.3. The minimum atomic E-state index is -2.35. The number of aromatic hydroxyl groups is 3. The number of ether oxygens (including phenoxy) is 7. The van der Waals surface area contributed by atoms with E-state index in [1.54, 1.807) is 31.2 Å². The highest BCUT2D eigenvalue weighted by atomic mass is 35.5. The lowest BCUT2D eigenvalue weighted by Gasteiger charge is -2.54. The van der Waals surface area contributed by atoms with Crippen LogP contribution in [0.25, 0.3) is 11.1 Å². The van der Waals surface area contributed by atoms with Crippen LogP contribution in [0.5, 0.6) is 51.7 Å². The van der Waals surface area contributed by atoms with Gasteiger partial charge < -0.3 is 127 Å². The summed E-state index contributed by atoms with van der Waals surface area (Å²) in [6.07, 6.45) is -14.0. The van der Waals surface area contributed by atoms with Gasteiger partial charge in [-0.1, -0.05) is 55.2 Å². The average molecular weight is 1730 g/mol. The van der Waals surface area contributed by atoms with Crippen molar-refractivity contribution in [3.05, 3.63) is 141 Å². The van der Waals surface area contributed by atoms with Crippen LogP contribution < -0.4 is 71.9 Å². The Bertz CT molecular complexity index is 4930. The van der Waals surface area contributed by atoms with Crippen LogP contribution in [0.3, 0.4) is 0 Å². The molecule has 18 atom stereocenters. The molecule has 4 aliphatic carbocycles. The molecule has 34 nitrogen and oxygen atoms in total. The van der Waals surface area contributed by atoms with Crippen molar-refractivity contribution in [3.63, 3.8) is 0 Å². The first-order valence-electron chi connectivity index (χ1n) is 40.1. The Morgan fingerprint density at radius 3 is 1.91 bits per heavy atom. The highest BCUT2D eigenvalue weighted by molar-refractivity contribution is 7.98. The average Bonchev–Trinajstić information content (AvgIpc) is 0.770. The fraction of sp³-hybridized carbons (Fsp3) is 0.476. The molecule has 7 aliphatic heterocycles. The zero-order chi connectivity index (χ0) is 86.5. The largest absolute Gasteiger partial charge is 0.508 e. The number of nitrogens with two attached hydrogens (primary N) is 1. The van der Waals surface area contributed by atoms with Crippen molar-refractivity contribution in [1.82, 2.24) is 47.3 Å². The Morgan fingerprint density at radius 1 is 0.678 bits per heavy atom. The quantitative estimate of drug-likeness (QED) is 0.0518. The van der Waals surface area contributed by atoms with Crippen molar-refractivity contribution in [3.8, 4) is 62.9 Å². The molecule has 20 N–H and O–H groups in total. The van der Waals surface area contributed by atoms with Crippen LogP contribution in [0.1, 0.15) is 144 Å². The summed E-state index contributed by atoms with van der Waals surface area (Å²) in [5.41, 5.74) is 3.13. The Balaban J connectivity index is 0.965. The number of carbonyl (C=O) groups is 8. The van der Waals surface area contributed by atoms with Gasteiger partial charge in [0.05, 0.1) is 47.9 Å². The number of nitrogens with one attached hydrogen (secondary N) is 9. The third-order valence-corrected chi connectivity index (χ3v) is 25.2. The molecule has 15 bridgehead atoms. The monoisotopic (exact) mass is 1730 g/mol. The number of hydrogen-bond donors (Lipinski definition) is 19. The van der Waals surface area contributed by atoms with E-state index >= 15 is 28.8 Å². The second-order valence-corrected chi connectivity index (χ2v) is 34.6. The summed E-state index contributed by atoms with van der Waals surface area (Å²) in [6, 6.07) is 7.12. The lowest BCUT2D eigenvalue weighted by Crippen LogP contribution is -2.64. The fourth-order valence-electron chi connectivity index (χ4n) is 17.8. The predicted octanol–water partition coefficient (Wildman–Crippen LogP) is 4.70. The van der Waals surface area contributed by atoms with Crippen LogP contribution in [0, 0.1) is 29.6 Å². The van der Waals surface area contributed by atoms with Gasteiger partial charge in [0.1, 0.15) is 101 Å². The predicted molar refractivity (Wildman–Crippen MR) is 433 cm³/mol. The molecule has 6 fully saturated rings. The molecule has 11 aliphatic rings. The molecular formula is C84H98Cl2N10O24S. The molecule has 0 radical (unpaired) electrons. The van der Waals surface area contributed by atoms with Crippen molar-refractivity contribution in [2.24, 2.45) is 35.3 Å². The molecule has 0 unspecified atom stereocenters. The Hall–Kier alpha value is -9.83. The molecule has 17 rings (SSSR count). The summed E-state index contributed by atoms with van der Waals surface area (Å²) in [6.45, 7) is 7.89. The van der Waals surface area contributed by atoms with Gasteiger partial charge in [0.2, 0.25) is 59.3 Å². The number of benzene rings is 6. The summed E-state index contributed by atoms with van der Waals surface area (Å²) in [5.74, 6) is -12.3. The van der Waals surface area contributed by atoms with Crippen LogP contribution in [-0.2, 0) is 52.6 Å². The lowest BCUT2D eigenvalue weighted by atomic mass is 9.54. The molecule has 6 aromatic carbocycles. The number of aliphatic hydroxyl groups is 6. The topological polar surface area (TPSA) is 518 Å². The minimum absolute atomic E-state index is 0.0668. The van der Waals surface area contributed by atoms with Gasteiger partial charge in [0.15, 0.2) is 23.9 Å². The fourth-order valence-corrected chi connectivity index (χ4v) is 18.9. The van der Waals surface area contributed by atoms with Gasteiger partial charge >= 0.3 is 0 Å². The van der Waals surface area contributed by atoms with Crippen molar-refractivity contribution < 1.29 is 117 Å². The summed E-state index contributed by atoms with van der Waals surface area (Å²) >= 11 is 15.3. The molecule has 2 saturated heterocycles. The van der Waals surface area contributed by atoms with Gasteiger partial charge in [-0.2, -0.15) is 0 Å². The van der Waals surface area contributed by atoms with Gasteiger partial charge in [-0.3, -0.25) is 43.1 Å². The molecule has 8 amide bonds. The number of amides is 8. The molecule has 0 spiro atoms. The van der Waals surface area contributed by atoms with E-state index in [9.17, 15) is 55.5 Å². The van der Waals surface area contributed by atoms with Crippen molar-refractivity contribution in [2.75, 3.05) is 20.3 Å².